The van der Waals surface area contributed by atoms with Crippen molar-refractivity contribution in [1.29, 1.82) is 0 Å². The van der Waals surface area contributed by atoms with Gasteiger partial charge in [0.05, 0.1) is 11.4 Å². The number of pyridine rings is 2. The standard InChI is InChI=1S/C24H18N4O/c1-16-27(17-8-3-2-4-9-17)23-21(13-7-14-25-23)28(16)20-12-5-10-18-19-11-6-15-26-24(19)29-22(18)20/h2-16H,1H3. The summed E-state index contributed by atoms with van der Waals surface area (Å²) in [5.41, 5.74) is 4.69. The number of anilines is 4. The molecule has 140 valence electrons. The summed E-state index contributed by atoms with van der Waals surface area (Å²) in [7, 11) is 0. The molecular weight excluding hydrogens is 360 g/mol. The number of para-hydroxylation sites is 2. The van der Waals surface area contributed by atoms with E-state index in [1.165, 1.54) is 0 Å². The van der Waals surface area contributed by atoms with E-state index in [-0.39, 0.29) is 6.17 Å². The van der Waals surface area contributed by atoms with Crippen LogP contribution in [0.1, 0.15) is 6.92 Å². The molecule has 1 aliphatic rings. The first-order valence-electron chi connectivity index (χ1n) is 9.68. The Bertz CT molecular complexity index is 1350. The molecule has 0 N–H and O–H groups in total. The minimum Gasteiger partial charge on any atom is -0.436 e. The highest BCUT2D eigenvalue weighted by atomic mass is 16.3. The molecule has 0 fully saturated rings. The number of rotatable bonds is 2. The van der Waals surface area contributed by atoms with Crippen molar-refractivity contribution in [3.63, 3.8) is 0 Å². The predicted molar refractivity (Wildman–Crippen MR) is 116 cm³/mol. The van der Waals surface area contributed by atoms with Crippen LogP contribution in [0.2, 0.25) is 0 Å². The van der Waals surface area contributed by atoms with Crippen molar-refractivity contribution >= 4 is 44.9 Å². The van der Waals surface area contributed by atoms with Crippen molar-refractivity contribution in [2.75, 3.05) is 9.80 Å². The zero-order valence-corrected chi connectivity index (χ0v) is 15.9. The Morgan fingerprint density at radius 1 is 0.724 bits per heavy atom. The number of nitrogens with zero attached hydrogens (tertiary/aromatic N) is 4. The molecule has 1 unspecified atom stereocenters. The largest absolute Gasteiger partial charge is 0.436 e. The van der Waals surface area contributed by atoms with Gasteiger partial charge < -0.3 is 14.2 Å². The Balaban J connectivity index is 1.60. The first kappa shape index (κ1) is 16.1. The molecule has 2 aromatic carbocycles. The Morgan fingerprint density at radius 3 is 2.38 bits per heavy atom. The minimum atomic E-state index is 0.0362. The monoisotopic (exact) mass is 378 g/mol. The smallest absolute Gasteiger partial charge is 0.227 e. The number of hydrogen-bond acceptors (Lipinski definition) is 5. The second kappa shape index (κ2) is 6.07. The molecule has 1 aliphatic heterocycles. The van der Waals surface area contributed by atoms with Gasteiger partial charge >= 0.3 is 0 Å². The molecule has 0 bridgehead atoms. The third-order valence-electron chi connectivity index (χ3n) is 5.55. The molecule has 0 amide bonds. The van der Waals surface area contributed by atoms with Crippen LogP contribution in [0.4, 0.5) is 22.9 Å². The van der Waals surface area contributed by atoms with Crippen molar-refractivity contribution < 1.29 is 4.42 Å². The second-order valence-electron chi connectivity index (χ2n) is 7.17. The van der Waals surface area contributed by atoms with E-state index in [1.807, 2.05) is 24.4 Å². The van der Waals surface area contributed by atoms with Crippen molar-refractivity contribution in [2.45, 2.75) is 13.1 Å². The van der Waals surface area contributed by atoms with Crippen LogP contribution in [0.25, 0.3) is 22.1 Å². The molecule has 0 radical (unpaired) electrons. The number of benzene rings is 2. The lowest BCUT2D eigenvalue weighted by Gasteiger charge is -2.29. The molecule has 0 saturated heterocycles. The van der Waals surface area contributed by atoms with Gasteiger partial charge in [0.25, 0.3) is 0 Å². The van der Waals surface area contributed by atoms with Crippen LogP contribution in [-0.4, -0.2) is 16.1 Å². The van der Waals surface area contributed by atoms with Crippen molar-refractivity contribution in [3.05, 3.63) is 85.2 Å². The van der Waals surface area contributed by atoms with E-state index >= 15 is 0 Å². The number of hydrogen-bond donors (Lipinski definition) is 0. The SMILES string of the molecule is CC1N(c2ccccc2)c2ncccc2N1c1cccc2c1oc1ncccc12. The normalized spacial score (nSPS) is 16.0. The van der Waals surface area contributed by atoms with E-state index in [4.69, 9.17) is 9.40 Å². The lowest BCUT2D eigenvalue weighted by molar-refractivity contribution is 0.650. The van der Waals surface area contributed by atoms with E-state index in [1.54, 1.807) is 6.20 Å². The Kier molecular flexibility index (Phi) is 3.38. The maximum absolute atomic E-state index is 6.21. The quantitative estimate of drug-likeness (QED) is 0.376. The van der Waals surface area contributed by atoms with Crippen molar-refractivity contribution in [1.82, 2.24) is 9.97 Å². The number of furan rings is 1. The zero-order chi connectivity index (χ0) is 19.4. The molecular formula is C24H18N4O. The summed E-state index contributed by atoms with van der Waals surface area (Å²) in [6.45, 7) is 2.19. The lowest BCUT2D eigenvalue weighted by atomic mass is 10.1. The molecule has 0 spiro atoms. The highest BCUT2D eigenvalue weighted by molar-refractivity contribution is 6.09. The van der Waals surface area contributed by atoms with Gasteiger partial charge in [0.2, 0.25) is 5.71 Å². The van der Waals surface area contributed by atoms with Crippen LogP contribution < -0.4 is 9.80 Å². The average molecular weight is 378 g/mol. The molecule has 0 aliphatic carbocycles. The van der Waals surface area contributed by atoms with Crippen LogP contribution in [0.15, 0.2) is 89.6 Å². The summed E-state index contributed by atoms with van der Waals surface area (Å²) < 4.78 is 6.21. The Labute approximate surface area is 167 Å². The summed E-state index contributed by atoms with van der Waals surface area (Å²) in [5, 5.41) is 2.10. The fraction of sp³-hybridized carbons (Fsp3) is 0.0833. The fourth-order valence-corrected chi connectivity index (χ4v) is 4.32. The minimum absolute atomic E-state index is 0.0362. The average Bonchev–Trinajstić information content (AvgIpc) is 3.29. The van der Waals surface area contributed by atoms with Crippen LogP contribution in [0.3, 0.4) is 0 Å². The van der Waals surface area contributed by atoms with Crippen molar-refractivity contribution in [3.8, 4) is 0 Å². The van der Waals surface area contributed by atoms with Gasteiger partial charge in [0, 0.05) is 28.9 Å². The van der Waals surface area contributed by atoms with Crippen molar-refractivity contribution in [2.24, 2.45) is 0 Å². The van der Waals surface area contributed by atoms with Gasteiger partial charge in [-0.05, 0) is 49.4 Å². The van der Waals surface area contributed by atoms with Crippen LogP contribution in [0.5, 0.6) is 0 Å². The van der Waals surface area contributed by atoms with Gasteiger partial charge in [-0.15, -0.1) is 0 Å². The summed E-state index contributed by atoms with van der Waals surface area (Å²) in [5.74, 6) is 0.942. The maximum atomic E-state index is 6.21. The van der Waals surface area contributed by atoms with Gasteiger partial charge in [0.15, 0.2) is 11.4 Å². The molecule has 0 saturated carbocycles. The van der Waals surface area contributed by atoms with E-state index in [0.717, 1.165) is 39.2 Å². The van der Waals surface area contributed by atoms with Gasteiger partial charge in [-0.25, -0.2) is 9.97 Å². The lowest BCUT2D eigenvalue weighted by Crippen LogP contribution is -2.35. The maximum Gasteiger partial charge on any atom is 0.227 e. The Morgan fingerprint density at radius 2 is 1.48 bits per heavy atom. The van der Waals surface area contributed by atoms with Crippen LogP contribution >= 0.6 is 0 Å². The van der Waals surface area contributed by atoms with E-state index in [2.05, 4.69) is 76.3 Å². The van der Waals surface area contributed by atoms with Gasteiger partial charge in [-0.3, -0.25) is 0 Å². The van der Waals surface area contributed by atoms with Crippen LogP contribution in [-0.2, 0) is 0 Å². The molecule has 29 heavy (non-hydrogen) atoms. The van der Waals surface area contributed by atoms with Gasteiger partial charge in [-0.1, -0.05) is 30.3 Å². The molecule has 5 heteroatoms. The third kappa shape index (κ3) is 2.27. The zero-order valence-electron chi connectivity index (χ0n) is 15.9. The number of aromatic nitrogens is 2. The summed E-state index contributed by atoms with van der Waals surface area (Å²) in [4.78, 5) is 13.7. The Hall–Kier alpha value is -3.86. The molecule has 3 aromatic heterocycles. The summed E-state index contributed by atoms with van der Waals surface area (Å²) in [6, 6.07) is 24.7. The highest BCUT2D eigenvalue weighted by Crippen LogP contribution is 2.48. The predicted octanol–water partition coefficient (Wildman–Crippen LogP) is 6.01. The van der Waals surface area contributed by atoms with Crippen LogP contribution in [0, 0.1) is 0 Å². The van der Waals surface area contributed by atoms with Gasteiger partial charge in [-0.2, -0.15) is 0 Å². The molecule has 4 heterocycles. The first-order chi connectivity index (χ1) is 14.3. The first-order valence-corrected chi connectivity index (χ1v) is 9.68. The number of fused-ring (bicyclic) bond motifs is 4. The highest BCUT2D eigenvalue weighted by Gasteiger charge is 2.37. The van der Waals surface area contributed by atoms with E-state index < -0.39 is 0 Å². The second-order valence-corrected chi connectivity index (χ2v) is 7.17. The summed E-state index contributed by atoms with van der Waals surface area (Å²) >= 11 is 0. The molecule has 5 aromatic rings. The molecule has 1 atom stereocenters. The molecule has 6 rings (SSSR count). The van der Waals surface area contributed by atoms with Gasteiger partial charge in [0.1, 0.15) is 6.17 Å². The summed E-state index contributed by atoms with van der Waals surface area (Å²) in [6.07, 6.45) is 3.64. The molecule has 5 nitrogen and oxygen atoms in total. The van der Waals surface area contributed by atoms with E-state index in [0.29, 0.717) is 5.71 Å². The topological polar surface area (TPSA) is 45.4 Å². The van der Waals surface area contributed by atoms with E-state index in [9.17, 15) is 0 Å². The third-order valence-corrected chi connectivity index (χ3v) is 5.55. The fourth-order valence-electron chi connectivity index (χ4n) is 4.32.